The van der Waals surface area contributed by atoms with Crippen molar-refractivity contribution in [2.75, 3.05) is 4.90 Å². The van der Waals surface area contributed by atoms with Crippen molar-refractivity contribution in [3.05, 3.63) is 164 Å². The van der Waals surface area contributed by atoms with Gasteiger partial charge in [-0.05, 0) is 82.9 Å². The van der Waals surface area contributed by atoms with Crippen molar-refractivity contribution in [2.45, 2.75) is 0 Å². The van der Waals surface area contributed by atoms with Gasteiger partial charge in [0.15, 0.2) is 5.82 Å². The molecule has 0 fully saturated rings. The fourth-order valence-electron chi connectivity index (χ4n) is 6.86. The van der Waals surface area contributed by atoms with Crippen LogP contribution in [0.3, 0.4) is 0 Å². The van der Waals surface area contributed by atoms with Crippen LogP contribution >= 0.6 is 0 Å². The predicted molar refractivity (Wildman–Crippen MR) is 192 cm³/mol. The van der Waals surface area contributed by atoms with Gasteiger partial charge < -0.3 is 4.42 Å². The molecule has 0 saturated carbocycles. The smallest absolute Gasteiger partial charge is 0.268 e. The highest BCUT2D eigenvalue weighted by molar-refractivity contribution is 6.98. The van der Waals surface area contributed by atoms with E-state index in [0.29, 0.717) is 0 Å². The van der Waals surface area contributed by atoms with Crippen molar-refractivity contribution in [1.82, 2.24) is 15.0 Å². The van der Waals surface area contributed by atoms with E-state index in [0.717, 1.165) is 56.1 Å². The minimum atomic E-state index is -0.0997. The zero-order valence-corrected chi connectivity index (χ0v) is 25.4. The second-order valence-electron chi connectivity index (χ2n) is 11.7. The van der Waals surface area contributed by atoms with Crippen molar-refractivity contribution in [1.29, 1.82) is 0 Å². The first-order chi connectivity index (χ1) is 23.3. The first kappa shape index (κ1) is 27.1. The summed E-state index contributed by atoms with van der Waals surface area (Å²) in [4.78, 5) is 17.0. The SMILES string of the molecule is c1ccc(N(c2ccccc2)c2cnc(B3c4ccc(-c5cccc(-c6ccco6)c5)cc4-c4ccnc5cccc3c45)cn2)cc1. The molecule has 0 bridgehead atoms. The number of furan rings is 1. The van der Waals surface area contributed by atoms with Crippen LogP contribution in [-0.2, 0) is 0 Å². The van der Waals surface area contributed by atoms with Crippen LogP contribution in [-0.4, -0.2) is 21.7 Å². The Hall–Kier alpha value is -6.27. The van der Waals surface area contributed by atoms with E-state index in [2.05, 4.69) is 95.9 Å². The Morgan fingerprint density at radius 3 is 2.04 bits per heavy atom. The van der Waals surface area contributed by atoms with Crippen molar-refractivity contribution >= 4 is 51.3 Å². The Morgan fingerprint density at radius 2 is 1.30 bits per heavy atom. The third-order valence-corrected chi connectivity index (χ3v) is 8.98. The van der Waals surface area contributed by atoms with Gasteiger partial charge in [0.25, 0.3) is 6.71 Å². The van der Waals surface area contributed by atoms with Gasteiger partial charge in [-0.2, -0.15) is 0 Å². The van der Waals surface area contributed by atoms with Crippen LogP contribution in [0, 0.1) is 0 Å². The van der Waals surface area contributed by atoms with E-state index < -0.39 is 0 Å². The van der Waals surface area contributed by atoms with Crippen LogP contribution in [0.15, 0.2) is 169 Å². The molecule has 6 heteroatoms. The summed E-state index contributed by atoms with van der Waals surface area (Å²) >= 11 is 0. The van der Waals surface area contributed by atoms with E-state index in [9.17, 15) is 0 Å². The van der Waals surface area contributed by atoms with Crippen LogP contribution < -0.4 is 21.4 Å². The molecule has 3 aromatic heterocycles. The molecule has 9 rings (SSSR count). The fraction of sp³-hybridized carbons (Fsp3) is 0. The fourth-order valence-corrected chi connectivity index (χ4v) is 6.86. The average molecular weight is 603 g/mol. The minimum absolute atomic E-state index is 0.0997. The van der Waals surface area contributed by atoms with Gasteiger partial charge in [0.05, 0.1) is 18.0 Å². The lowest BCUT2D eigenvalue weighted by Crippen LogP contribution is -2.56. The molecule has 1 aliphatic rings. The lowest BCUT2D eigenvalue weighted by atomic mass is 9.35. The molecule has 0 saturated heterocycles. The molecule has 5 aromatic carbocycles. The van der Waals surface area contributed by atoms with E-state index in [4.69, 9.17) is 19.4 Å². The van der Waals surface area contributed by atoms with Crippen LogP contribution in [0.4, 0.5) is 17.2 Å². The molecule has 47 heavy (non-hydrogen) atoms. The first-order valence-electron chi connectivity index (χ1n) is 15.7. The molecule has 1 aliphatic heterocycles. The van der Waals surface area contributed by atoms with Crippen molar-refractivity contribution in [3.8, 4) is 33.6 Å². The minimum Gasteiger partial charge on any atom is -0.464 e. The van der Waals surface area contributed by atoms with Gasteiger partial charge in [-0.25, -0.2) is 4.98 Å². The lowest BCUT2D eigenvalue weighted by molar-refractivity contribution is 0.582. The Labute approximate surface area is 272 Å². The number of pyridine rings is 1. The molecule has 0 radical (unpaired) electrons. The number of aromatic nitrogens is 3. The summed E-state index contributed by atoms with van der Waals surface area (Å²) < 4.78 is 5.69. The monoisotopic (exact) mass is 602 g/mol. The topological polar surface area (TPSA) is 55.1 Å². The number of anilines is 3. The number of hydrogen-bond acceptors (Lipinski definition) is 5. The molecule has 0 aliphatic carbocycles. The summed E-state index contributed by atoms with van der Waals surface area (Å²) in [5, 5.41) is 1.16. The predicted octanol–water partition coefficient (Wildman–Crippen LogP) is 7.92. The van der Waals surface area contributed by atoms with Gasteiger partial charge in [-0.1, -0.05) is 89.8 Å². The summed E-state index contributed by atoms with van der Waals surface area (Å²) in [6, 6.07) is 48.3. The maximum absolute atomic E-state index is 5.69. The summed E-state index contributed by atoms with van der Waals surface area (Å²) in [6.45, 7) is -0.0997. The van der Waals surface area contributed by atoms with Gasteiger partial charge in [-0.3, -0.25) is 14.9 Å². The second kappa shape index (κ2) is 11.3. The van der Waals surface area contributed by atoms with Crippen molar-refractivity contribution < 1.29 is 4.42 Å². The van der Waals surface area contributed by atoms with E-state index in [-0.39, 0.29) is 6.71 Å². The molecule has 0 unspecified atom stereocenters. The number of nitrogens with zero attached hydrogens (tertiary/aromatic N) is 4. The molecule has 0 atom stereocenters. The average Bonchev–Trinajstić information content (AvgIpc) is 3.69. The highest BCUT2D eigenvalue weighted by atomic mass is 16.3. The quantitative estimate of drug-likeness (QED) is 0.181. The Bertz CT molecular complexity index is 2310. The Morgan fingerprint density at radius 1 is 0.532 bits per heavy atom. The Kier molecular flexibility index (Phi) is 6.49. The van der Waals surface area contributed by atoms with Crippen LogP contribution in [0.2, 0.25) is 0 Å². The summed E-state index contributed by atoms with van der Waals surface area (Å²) in [5.74, 6) is 1.61. The third kappa shape index (κ3) is 4.70. The highest BCUT2D eigenvalue weighted by Gasteiger charge is 2.33. The molecule has 8 aromatic rings. The summed E-state index contributed by atoms with van der Waals surface area (Å²) in [6.07, 6.45) is 7.45. The molecule has 0 spiro atoms. The maximum Gasteiger partial charge on any atom is 0.268 e. The lowest BCUT2D eigenvalue weighted by Gasteiger charge is -2.27. The van der Waals surface area contributed by atoms with E-state index >= 15 is 0 Å². The van der Waals surface area contributed by atoms with Gasteiger partial charge in [0.2, 0.25) is 0 Å². The molecule has 0 N–H and O–H groups in total. The van der Waals surface area contributed by atoms with Gasteiger partial charge in [0.1, 0.15) is 5.76 Å². The standard InChI is InChI=1S/C41H27BN4O/c1-3-12-31(13-4-1)46(32-14-5-2-6-15-32)40-27-44-39(26-45-40)42-35-20-19-29(28-10-7-11-30(24-28)38-18-9-23-47-38)25-34(35)33-21-22-43-37-17-8-16-36(42)41(33)37/h1-27H. The number of para-hydroxylation sites is 2. The molecular formula is C41H27BN4O. The molecule has 5 nitrogen and oxygen atoms in total. The number of rotatable bonds is 6. The number of benzene rings is 5. The zero-order chi connectivity index (χ0) is 31.2. The third-order valence-electron chi connectivity index (χ3n) is 8.98. The number of hydrogen-bond donors (Lipinski definition) is 0. The van der Waals surface area contributed by atoms with E-state index in [1.165, 1.54) is 22.1 Å². The van der Waals surface area contributed by atoms with E-state index in [1.54, 1.807) is 6.26 Å². The summed E-state index contributed by atoms with van der Waals surface area (Å²) in [5.41, 5.74) is 12.0. The molecular weight excluding hydrogens is 575 g/mol. The van der Waals surface area contributed by atoms with E-state index in [1.807, 2.05) is 67.1 Å². The van der Waals surface area contributed by atoms with Gasteiger partial charge in [-0.15, -0.1) is 0 Å². The summed E-state index contributed by atoms with van der Waals surface area (Å²) in [7, 11) is 0. The molecule has 0 amide bonds. The van der Waals surface area contributed by atoms with Crippen molar-refractivity contribution in [3.63, 3.8) is 0 Å². The second-order valence-corrected chi connectivity index (χ2v) is 11.7. The first-order valence-corrected chi connectivity index (χ1v) is 15.7. The van der Waals surface area contributed by atoms with Crippen LogP contribution in [0.1, 0.15) is 0 Å². The maximum atomic E-state index is 5.69. The largest absolute Gasteiger partial charge is 0.464 e. The molecule has 4 heterocycles. The van der Waals surface area contributed by atoms with Gasteiger partial charge >= 0.3 is 0 Å². The highest BCUT2D eigenvalue weighted by Crippen LogP contribution is 2.35. The van der Waals surface area contributed by atoms with Crippen LogP contribution in [0.25, 0.3) is 44.5 Å². The zero-order valence-electron chi connectivity index (χ0n) is 25.4. The normalized spacial score (nSPS) is 11.8. The number of fused-ring (bicyclic) bond motifs is 2. The van der Waals surface area contributed by atoms with Crippen molar-refractivity contribution in [2.24, 2.45) is 0 Å². The van der Waals surface area contributed by atoms with Gasteiger partial charge in [0, 0.05) is 40.3 Å². The molecule has 220 valence electrons. The van der Waals surface area contributed by atoms with Crippen LogP contribution in [0.5, 0.6) is 0 Å². The Balaban J connectivity index is 1.18.